The summed E-state index contributed by atoms with van der Waals surface area (Å²) in [5.41, 5.74) is 0.612. The fourth-order valence-electron chi connectivity index (χ4n) is 4.16. The predicted molar refractivity (Wildman–Crippen MR) is 81.4 cm³/mol. The van der Waals surface area contributed by atoms with Gasteiger partial charge in [-0.3, -0.25) is 0 Å². The maximum atomic E-state index is 3.83. The Hall–Kier alpha value is -0.0800. The van der Waals surface area contributed by atoms with E-state index in [1.54, 1.807) is 0 Å². The van der Waals surface area contributed by atoms with Crippen molar-refractivity contribution < 1.29 is 0 Å². The summed E-state index contributed by atoms with van der Waals surface area (Å²) in [6.45, 7) is 6.48. The van der Waals surface area contributed by atoms with Crippen molar-refractivity contribution in [2.45, 2.75) is 83.2 Å². The van der Waals surface area contributed by atoms with Crippen LogP contribution >= 0.6 is 0 Å². The average molecular weight is 264 g/mol. The molecule has 1 saturated heterocycles. The Labute approximate surface area is 119 Å². The molecule has 0 aromatic rings. The maximum Gasteiger partial charge on any atom is 0.00684 e. The Morgan fingerprint density at radius 2 is 1.79 bits per heavy atom. The molecule has 3 rings (SSSR count). The van der Waals surface area contributed by atoms with E-state index in [4.69, 9.17) is 0 Å². The summed E-state index contributed by atoms with van der Waals surface area (Å²) in [5, 5.41) is 3.83. The molecular weight excluding hydrogens is 232 g/mol. The normalized spacial score (nSPS) is 32.4. The van der Waals surface area contributed by atoms with Crippen LogP contribution in [0.25, 0.3) is 0 Å². The number of rotatable bonds is 5. The Morgan fingerprint density at radius 3 is 2.53 bits per heavy atom. The Bertz CT molecular complexity index is 279. The third kappa shape index (κ3) is 3.72. The highest BCUT2D eigenvalue weighted by Crippen LogP contribution is 2.40. The van der Waals surface area contributed by atoms with Gasteiger partial charge < -0.3 is 10.2 Å². The summed E-state index contributed by atoms with van der Waals surface area (Å²) in [7, 11) is 0. The highest BCUT2D eigenvalue weighted by molar-refractivity contribution is 4.93. The van der Waals surface area contributed by atoms with Crippen LogP contribution in [0.3, 0.4) is 0 Å². The van der Waals surface area contributed by atoms with Gasteiger partial charge in [-0.2, -0.15) is 0 Å². The molecule has 3 aliphatic rings. The summed E-state index contributed by atoms with van der Waals surface area (Å²) < 4.78 is 0. The Kier molecular flexibility index (Phi) is 4.48. The SMILES string of the molecule is CC1CCCCCN1CC1(CNC2CC2)CCCC1. The highest BCUT2D eigenvalue weighted by atomic mass is 15.2. The van der Waals surface area contributed by atoms with Crippen LogP contribution in [0.4, 0.5) is 0 Å². The minimum atomic E-state index is 0.612. The van der Waals surface area contributed by atoms with Crippen LogP contribution in [0.15, 0.2) is 0 Å². The third-order valence-corrected chi connectivity index (χ3v) is 5.74. The zero-order valence-electron chi connectivity index (χ0n) is 12.8. The van der Waals surface area contributed by atoms with Gasteiger partial charge in [-0.1, -0.05) is 25.7 Å². The molecule has 19 heavy (non-hydrogen) atoms. The molecule has 2 heteroatoms. The quantitative estimate of drug-likeness (QED) is 0.817. The molecule has 0 aromatic carbocycles. The van der Waals surface area contributed by atoms with Gasteiger partial charge in [-0.15, -0.1) is 0 Å². The lowest BCUT2D eigenvalue weighted by Crippen LogP contribution is -2.46. The Balaban J connectivity index is 1.58. The number of nitrogens with one attached hydrogen (secondary N) is 1. The van der Waals surface area contributed by atoms with Crippen LogP contribution in [0.1, 0.15) is 71.1 Å². The van der Waals surface area contributed by atoms with Gasteiger partial charge in [0.15, 0.2) is 0 Å². The first-order valence-corrected chi connectivity index (χ1v) is 8.75. The predicted octanol–water partition coefficient (Wildman–Crippen LogP) is 3.56. The highest BCUT2D eigenvalue weighted by Gasteiger charge is 2.37. The molecule has 0 amide bonds. The molecule has 1 atom stereocenters. The average Bonchev–Trinajstić information content (AvgIpc) is 3.16. The molecule has 0 spiro atoms. The van der Waals surface area contributed by atoms with Crippen LogP contribution in [0.2, 0.25) is 0 Å². The molecule has 1 heterocycles. The van der Waals surface area contributed by atoms with Crippen molar-refractivity contribution in [3.63, 3.8) is 0 Å². The molecule has 3 fully saturated rings. The second-order valence-electron chi connectivity index (χ2n) is 7.53. The van der Waals surface area contributed by atoms with E-state index in [1.807, 2.05) is 0 Å². The first-order valence-electron chi connectivity index (χ1n) is 8.75. The zero-order chi connectivity index (χ0) is 13.1. The molecule has 1 N–H and O–H groups in total. The molecule has 0 aromatic heterocycles. The molecule has 2 saturated carbocycles. The van der Waals surface area contributed by atoms with Crippen molar-refractivity contribution in [2.75, 3.05) is 19.6 Å². The van der Waals surface area contributed by atoms with Crippen molar-refractivity contribution in [1.29, 1.82) is 0 Å². The monoisotopic (exact) mass is 264 g/mol. The number of hydrogen-bond donors (Lipinski definition) is 1. The maximum absolute atomic E-state index is 3.83. The lowest BCUT2D eigenvalue weighted by molar-refractivity contribution is 0.117. The summed E-state index contributed by atoms with van der Waals surface area (Å²) in [6.07, 6.45) is 14.5. The molecule has 0 bridgehead atoms. The number of likely N-dealkylation sites (tertiary alicyclic amines) is 1. The van der Waals surface area contributed by atoms with E-state index < -0.39 is 0 Å². The van der Waals surface area contributed by atoms with Gasteiger partial charge in [0.05, 0.1) is 0 Å². The van der Waals surface area contributed by atoms with Gasteiger partial charge in [0.2, 0.25) is 0 Å². The minimum absolute atomic E-state index is 0.612. The largest absolute Gasteiger partial charge is 0.313 e. The molecular formula is C17H32N2. The van der Waals surface area contributed by atoms with Crippen LogP contribution in [0, 0.1) is 5.41 Å². The topological polar surface area (TPSA) is 15.3 Å². The summed E-state index contributed by atoms with van der Waals surface area (Å²) in [6, 6.07) is 1.69. The van der Waals surface area contributed by atoms with Gasteiger partial charge in [-0.05, 0) is 57.4 Å². The van der Waals surface area contributed by atoms with Crippen molar-refractivity contribution in [2.24, 2.45) is 5.41 Å². The van der Waals surface area contributed by atoms with E-state index in [-0.39, 0.29) is 0 Å². The van der Waals surface area contributed by atoms with E-state index >= 15 is 0 Å². The third-order valence-electron chi connectivity index (χ3n) is 5.74. The molecule has 1 unspecified atom stereocenters. The second-order valence-corrected chi connectivity index (χ2v) is 7.53. The van der Waals surface area contributed by atoms with Crippen molar-refractivity contribution in [3.05, 3.63) is 0 Å². The smallest absolute Gasteiger partial charge is 0.00684 e. The second kappa shape index (κ2) is 6.13. The van der Waals surface area contributed by atoms with E-state index in [9.17, 15) is 0 Å². The van der Waals surface area contributed by atoms with Crippen molar-refractivity contribution in [3.8, 4) is 0 Å². The lowest BCUT2D eigenvalue weighted by Gasteiger charge is -2.38. The van der Waals surface area contributed by atoms with Gasteiger partial charge in [-0.25, -0.2) is 0 Å². The van der Waals surface area contributed by atoms with Crippen LogP contribution in [-0.2, 0) is 0 Å². The van der Waals surface area contributed by atoms with Gasteiger partial charge in [0, 0.05) is 25.2 Å². The summed E-state index contributed by atoms with van der Waals surface area (Å²) >= 11 is 0. The molecule has 2 nitrogen and oxygen atoms in total. The van der Waals surface area contributed by atoms with Crippen LogP contribution < -0.4 is 5.32 Å². The standard InChI is InChI=1S/C17H32N2/c1-15-7-3-2-6-12-19(15)14-17(10-4-5-11-17)13-18-16-8-9-16/h15-16,18H,2-14H2,1H3. The van der Waals surface area contributed by atoms with Crippen molar-refractivity contribution >= 4 is 0 Å². The zero-order valence-corrected chi connectivity index (χ0v) is 12.8. The van der Waals surface area contributed by atoms with Gasteiger partial charge in [0.25, 0.3) is 0 Å². The number of nitrogens with zero attached hydrogens (tertiary/aromatic N) is 1. The molecule has 0 radical (unpaired) electrons. The fraction of sp³-hybridized carbons (Fsp3) is 1.00. The molecule has 110 valence electrons. The van der Waals surface area contributed by atoms with Gasteiger partial charge in [0.1, 0.15) is 0 Å². The summed E-state index contributed by atoms with van der Waals surface area (Å²) in [5.74, 6) is 0. The first kappa shape index (κ1) is 13.9. The van der Waals surface area contributed by atoms with Crippen molar-refractivity contribution in [1.82, 2.24) is 10.2 Å². The van der Waals surface area contributed by atoms with E-state index in [0.717, 1.165) is 12.1 Å². The molecule has 1 aliphatic heterocycles. The van der Waals surface area contributed by atoms with E-state index in [1.165, 1.54) is 83.8 Å². The van der Waals surface area contributed by atoms with Crippen LogP contribution in [0.5, 0.6) is 0 Å². The summed E-state index contributed by atoms with van der Waals surface area (Å²) in [4.78, 5) is 2.83. The lowest BCUT2D eigenvalue weighted by atomic mass is 9.84. The van der Waals surface area contributed by atoms with Gasteiger partial charge >= 0.3 is 0 Å². The minimum Gasteiger partial charge on any atom is -0.313 e. The van der Waals surface area contributed by atoms with Crippen LogP contribution in [-0.4, -0.2) is 36.6 Å². The first-order chi connectivity index (χ1) is 9.27. The van der Waals surface area contributed by atoms with E-state index in [0.29, 0.717) is 5.41 Å². The number of hydrogen-bond acceptors (Lipinski definition) is 2. The Morgan fingerprint density at radius 1 is 1.00 bits per heavy atom. The fourth-order valence-corrected chi connectivity index (χ4v) is 4.16. The molecule has 2 aliphatic carbocycles. The van der Waals surface area contributed by atoms with E-state index in [2.05, 4.69) is 17.1 Å².